The summed E-state index contributed by atoms with van der Waals surface area (Å²) in [5, 5.41) is 0.352. The van der Waals surface area contributed by atoms with Gasteiger partial charge in [-0.2, -0.15) is 0 Å². The smallest absolute Gasteiger partial charge is 0.165 e. The lowest BCUT2D eigenvalue weighted by atomic mass is 9.91. The van der Waals surface area contributed by atoms with Gasteiger partial charge in [-0.25, -0.2) is 8.78 Å². The molecular formula is C17H18ClF2NO. The fourth-order valence-electron chi connectivity index (χ4n) is 2.35. The van der Waals surface area contributed by atoms with E-state index in [4.69, 9.17) is 22.1 Å². The van der Waals surface area contributed by atoms with E-state index < -0.39 is 5.82 Å². The number of rotatable bonds is 6. The minimum Gasteiger partial charge on any atom is -0.491 e. The van der Waals surface area contributed by atoms with Crippen LogP contribution in [0.2, 0.25) is 5.02 Å². The van der Waals surface area contributed by atoms with Gasteiger partial charge >= 0.3 is 0 Å². The van der Waals surface area contributed by atoms with Gasteiger partial charge in [0.05, 0.1) is 6.61 Å². The van der Waals surface area contributed by atoms with Crippen LogP contribution in [0.15, 0.2) is 36.4 Å². The lowest BCUT2D eigenvalue weighted by Crippen LogP contribution is -2.16. The van der Waals surface area contributed by atoms with Crippen molar-refractivity contribution >= 4 is 11.6 Å². The third-order valence-corrected chi connectivity index (χ3v) is 3.88. The van der Waals surface area contributed by atoms with Crippen molar-refractivity contribution in [1.82, 2.24) is 0 Å². The molecule has 0 aromatic heterocycles. The minimum absolute atomic E-state index is 0.200. The van der Waals surface area contributed by atoms with Gasteiger partial charge in [-0.3, -0.25) is 0 Å². The molecule has 0 saturated carbocycles. The van der Waals surface area contributed by atoms with Crippen molar-refractivity contribution in [2.45, 2.75) is 19.3 Å². The zero-order chi connectivity index (χ0) is 16.1. The Morgan fingerprint density at radius 3 is 2.55 bits per heavy atom. The van der Waals surface area contributed by atoms with Crippen LogP contribution in [0.25, 0.3) is 0 Å². The van der Waals surface area contributed by atoms with Crippen molar-refractivity contribution in [3.8, 4) is 5.75 Å². The molecule has 2 N–H and O–H groups in total. The van der Waals surface area contributed by atoms with E-state index in [1.54, 1.807) is 31.2 Å². The first-order valence-electron chi connectivity index (χ1n) is 7.12. The van der Waals surface area contributed by atoms with Gasteiger partial charge in [-0.15, -0.1) is 0 Å². The van der Waals surface area contributed by atoms with Gasteiger partial charge in [0.2, 0.25) is 0 Å². The summed E-state index contributed by atoms with van der Waals surface area (Å²) in [6.45, 7) is 2.44. The third-order valence-electron chi connectivity index (χ3n) is 3.52. The predicted molar refractivity (Wildman–Crippen MR) is 84.5 cm³/mol. The summed E-state index contributed by atoms with van der Waals surface area (Å²) in [7, 11) is 0. The van der Waals surface area contributed by atoms with Crippen LogP contribution < -0.4 is 10.5 Å². The van der Waals surface area contributed by atoms with Crippen LogP contribution in [-0.4, -0.2) is 13.2 Å². The molecule has 1 atom stereocenters. The van der Waals surface area contributed by atoms with Gasteiger partial charge in [-0.1, -0.05) is 23.7 Å². The minimum atomic E-state index is -0.447. The lowest BCUT2D eigenvalue weighted by molar-refractivity contribution is 0.321. The summed E-state index contributed by atoms with van der Waals surface area (Å²) in [5.74, 6) is -0.847. The maximum Gasteiger partial charge on any atom is 0.165 e. The van der Waals surface area contributed by atoms with E-state index in [1.165, 1.54) is 12.1 Å². The number of ether oxygens (including phenoxy) is 1. The molecule has 0 aliphatic heterocycles. The van der Waals surface area contributed by atoms with E-state index >= 15 is 0 Å². The van der Waals surface area contributed by atoms with E-state index in [9.17, 15) is 8.78 Å². The number of benzene rings is 2. The first-order valence-corrected chi connectivity index (χ1v) is 7.49. The van der Waals surface area contributed by atoms with Crippen LogP contribution in [0.1, 0.15) is 24.0 Å². The van der Waals surface area contributed by atoms with E-state index in [0.29, 0.717) is 29.2 Å². The Balaban J connectivity index is 2.27. The van der Waals surface area contributed by atoms with Gasteiger partial charge in [-0.05, 0) is 49.7 Å². The highest BCUT2D eigenvalue weighted by Crippen LogP contribution is 2.29. The third kappa shape index (κ3) is 3.76. The second-order valence-corrected chi connectivity index (χ2v) is 5.37. The van der Waals surface area contributed by atoms with Gasteiger partial charge in [0.25, 0.3) is 0 Å². The summed E-state index contributed by atoms with van der Waals surface area (Å²) in [6, 6.07) is 9.24. The first-order chi connectivity index (χ1) is 10.6. The van der Waals surface area contributed by atoms with Crippen molar-refractivity contribution in [3.05, 3.63) is 64.2 Å². The molecule has 22 heavy (non-hydrogen) atoms. The van der Waals surface area contributed by atoms with Crippen LogP contribution in [0.5, 0.6) is 5.75 Å². The molecule has 1 unspecified atom stereocenters. The molecule has 0 spiro atoms. The van der Waals surface area contributed by atoms with E-state index in [1.807, 2.05) is 0 Å². The average molecular weight is 326 g/mol. The maximum absolute atomic E-state index is 14.0. The van der Waals surface area contributed by atoms with Gasteiger partial charge in [0.15, 0.2) is 11.6 Å². The van der Waals surface area contributed by atoms with Crippen LogP contribution in [0.4, 0.5) is 8.78 Å². The topological polar surface area (TPSA) is 35.2 Å². The van der Waals surface area contributed by atoms with Crippen LogP contribution in [0.3, 0.4) is 0 Å². The highest BCUT2D eigenvalue weighted by atomic mass is 35.5. The summed E-state index contributed by atoms with van der Waals surface area (Å²) in [4.78, 5) is 0. The highest BCUT2D eigenvalue weighted by molar-refractivity contribution is 6.31. The molecule has 0 heterocycles. The standard InChI is InChI=1S/C17H18ClF2NO/c1-2-22-17-7-6-11(9-16(17)20)12(10-21)8-13-14(18)4-3-5-15(13)19/h3-7,9,12H,2,8,10,21H2,1H3. The second kappa shape index (κ2) is 7.56. The lowest BCUT2D eigenvalue weighted by Gasteiger charge is -2.17. The monoisotopic (exact) mass is 325 g/mol. The number of hydrogen-bond donors (Lipinski definition) is 1. The zero-order valence-electron chi connectivity index (χ0n) is 12.3. The van der Waals surface area contributed by atoms with Gasteiger partial charge in [0.1, 0.15) is 5.82 Å². The molecule has 0 fully saturated rings. The first kappa shape index (κ1) is 16.7. The molecule has 0 amide bonds. The van der Waals surface area contributed by atoms with Gasteiger partial charge in [0, 0.05) is 16.5 Å². The summed E-state index contributed by atoms with van der Waals surface area (Å²) in [6.07, 6.45) is 0.315. The van der Waals surface area contributed by atoms with Crippen LogP contribution in [0, 0.1) is 11.6 Å². The van der Waals surface area contributed by atoms with Crippen molar-refractivity contribution in [1.29, 1.82) is 0 Å². The van der Waals surface area contributed by atoms with Crippen molar-refractivity contribution in [2.24, 2.45) is 5.73 Å². The van der Waals surface area contributed by atoms with Crippen molar-refractivity contribution in [2.75, 3.05) is 13.2 Å². The Labute approximate surface area is 133 Å². The highest BCUT2D eigenvalue weighted by Gasteiger charge is 2.17. The number of nitrogens with two attached hydrogens (primary N) is 1. The molecule has 0 saturated heterocycles. The molecule has 5 heteroatoms. The molecule has 2 aromatic carbocycles. The largest absolute Gasteiger partial charge is 0.491 e. The molecule has 0 radical (unpaired) electrons. The molecular weight excluding hydrogens is 308 g/mol. The molecule has 0 bridgehead atoms. The SMILES string of the molecule is CCOc1ccc(C(CN)Cc2c(F)cccc2Cl)cc1F. The Hall–Kier alpha value is -1.65. The molecule has 2 nitrogen and oxygen atoms in total. The van der Waals surface area contributed by atoms with Gasteiger partial charge < -0.3 is 10.5 Å². The predicted octanol–water partition coefficient (Wildman–Crippen LogP) is 4.30. The second-order valence-electron chi connectivity index (χ2n) is 4.96. The summed E-state index contributed by atoms with van der Waals surface area (Å²) < 4.78 is 33.0. The molecule has 0 aliphatic rings. The molecule has 2 rings (SSSR count). The van der Waals surface area contributed by atoms with E-state index in [2.05, 4.69) is 0 Å². The summed E-state index contributed by atoms with van der Waals surface area (Å²) >= 11 is 6.04. The number of halogens is 3. The number of hydrogen-bond acceptors (Lipinski definition) is 2. The maximum atomic E-state index is 14.0. The fraction of sp³-hybridized carbons (Fsp3) is 0.294. The van der Waals surface area contributed by atoms with E-state index in [-0.39, 0.29) is 24.0 Å². The Morgan fingerprint density at radius 2 is 1.95 bits per heavy atom. The van der Waals surface area contributed by atoms with Crippen LogP contribution in [-0.2, 0) is 6.42 Å². The van der Waals surface area contributed by atoms with Crippen LogP contribution >= 0.6 is 11.6 Å². The average Bonchev–Trinajstić information content (AvgIpc) is 2.49. The normalized spacial score (nSPS) is 12.2. The Bertz CT molecular complexity index is 628. The molecule has 2 aromatic rings. The summed E-state index contributed by atoms with van der Waals surface area (Å²) in [5.41, 5.74) is 6.87. The van der Waals surface area contributed by atoms with E-state index in [0.717, 1.165) is 0 Å². The van der Waals surface area contributed by atoms with Crippen molar-refractivity contribution in [3.63, 3.8) is 0 Å². The van der Waals surface area contributed by atoms with Crippen molar-refractivity contribution < 1.29 is 13.5 Å². The quantitative estimate of drug-likeness (QED) is 0.859. The molecule has 118 valence electrons. The fourth-order valence-corrected chi connectivity index (χ4v) is 2.59. The molecule has 0 aliphatic carbocycles. The Morgan fingerprint density at radius 1 is 1.18 bits per heavy atom. The Kier molecular flexibility index (Phi) is 5.75. The zero-order valence-corrected chi connectivity index (χ0v) is 13.0.